The normalized spacial score (nSPS) is 22.0. The summed E-state index contributed by atoms with van der Waals surface area (Å²) >= 11 is 0. The molecular formula is C22H34N4O2. The summed E-state index contributed by atoms with van der Waals surface area (Å²) in [6.45, 7) is 5.41. The highest BCUT2D eigenvalue weighted by atomic mass is 16.2. The van der Waals surface area contributed by atoms with Crippen LogP contribution in [0.3, 0.4) is 0 Å². The maximum atomic E-state index is 13.0. The minimum atomic E-state index is 0.0574. The van der Waals surface area contributed by atoms with Gasteiger partial charge < -0.3 is 9.80 Å². The Hall–Kier alpha value is -1.85. The second-order valence-electron chi connectivity index (χ2n) is 8.93. The van der Waals surface area contributed by atoms with E-state index < -0.39 is 0 Å². The van der Waals surface area contributed by atoms with Crippen LogP contribution in [-0.4, -0.2) is 57.6 Å². The van der Waals surface area contributed by atoms with Gasteiger partial charge in [0, 0.05) is 38.3 Å². The maximum Gasteiger partial charge on any atom is 0.274 e. The third-order valence-electron chi connectivity index (χ3n) is 6.89. The number of carbonyl (C=O) groups excluding carboxylic acids is 2. The molecule has 3 aliphatic rings. The number of nitrogens with zero attached hydrogens (tertiary/aromatic N) is 4. The van der Waals surface area contributed by atoms with E-state index in [4.69, 9.17) is 5.10 Å². The van der Waals surface area contributed by atoms with Crippen LogP contribution in [0.25, 0.3) is 0 Å². The Bertz CT molecular complexity index is 693. The molecule has 3 fully saturated rings. The quantitative estimate of drug-likeness (QED) is 0.795. The average molecular weight is 387 g/mol. The number of amides is 2. The van der Waals surface area contributed by atoms with Crippen LogP contribution in [0.1, 0.15) is 86.4 Å². The Morgan fingerprint density at radius 3 is 2.29 bits per heavy atom. The largest absolute Gasteiger partial charge is 0.343 e. The summed E-state index contributed by atoms with van der Waals surface area (Å²) in [5.41, 5.74) is 1.69. The van der Waals surface area contributed by atoms with E-state index in [9.17, 15) is 9.59 Å². The maximum absolute atomic E-state index is 13.0. The first-order valence-electron chi connectivity index (χ1n) is 11.2. The van der Waals surface area contributed by atoms with Crippen LogP contribution < -0.4 is 0 Å². The third-order valence-corrected chi connectivity index (χ3v) is 6.89. The second kappa shape index (κ2) is 8.66. The molecule has 0 unspecified atom stereocenters. The Balaban J connectivity index is 1.31. The summed E-state index contributed by atoms with van der Waals surface area (Å²) in [4.78, 5) is 29.3. The Kier molecular flexibility index (Phi) is 6.02. The number of rotatable bonds is 4. The molecule has 6 heteroatoms. The van der Waals surface area contributed by atoms with Crippen molar-refractivity contribution in [2.24, 2.45) is 5.92 Å². The fourth-order valence-corrected chi connectivity index (χ4v) is 5.13. The van der Waals surface area contributed by atoms with Crippen molar-refractivity contribution in [2.75, 3.05) is 26.2 Å². The van der Waals surface area contributed by atoms with Gasteiger partial charge in [-0.15, -0.1) is 0 Å². The van der Waals surface area contributed by atoms with Crippen molar-refractivity contribution in [1.82, 2.24) is 19.6 Å². The minimum Gasteiger partial charge on any atom is -0.343 e. The fourth-order valence-electron chi connectivity index (χ4n) is 5.13. The molecule has 2 saturated heterocycles. The molecule has 0 spiro atoms. The molecule has 6 nitrogen and oxygen atoms in total. The standard InChI is InChI=1S/C22H34N4O2/c1-17-15-20(23-26(17)19-7-3-2-4-8-19)22(28)25-13-9-18(10-14-25)16-21(27)24-11-5-6-12-24/h15,18-19H,2-14,16H2,1H3. The first-order chi connectivity index (χ1) is 13.6. The lowest BCUT2D eigenvalue weighted by Gasteiger charge is -2.32. The highest BCUT2D eigenvalue weighted by molar-refractivity contribution is 5.92. The topological polar surface area (TPSA) is 58.4 Å². The lowest BCUT2D eigenvalue weighted by Crippen LogP contribution is -2.40. The number of piperidine rings is 1. The summed E-state index contributed by atoms with van der Waals surface area (Å²) in [5.74, 6) is 0.782. The van der Waals surface area contributed by atoms with Crippen LogP contribution in [0.5, 0.6) is 0 Å². The number of hydrogen-bond acceptors (Lipinski definition) is 3. The smallest absolute Gasteiger partial charge is 0.274 e. The van der Waals surface area contributed by atoms with Gasteiger partial charge in [-0.05, 0) is 57.4 Å². The summed E-state index contributed by atoms with van der Waals surface area (Å²) < 4.78 is 2.09. The Morgan fingerprint density at radius 1 is 0.929 bits per heavy atom. The van der Waals surface area contributed by atoms with Gasteiger partial charge in [-0.3, -0.25) is 14.3 Å². The van der Waals surface area contributed by atoms with E-state index in [2.05, 4.69) is 11.6 Å². The van der Waals surface area contributed by atoms with Gasteiger partial charge in [0.15, 0.2) is 5.69 Å². The number of likely N-dealkylation sites (tertiary alicyclic amines) is 2. The van der Waals surface area contributed by atoms with E-state index >= 15 is 0 Å². The predicted molar refractivity (Wildman–Crippen MR) is 108 cm³/mol. The van der Waals surface area contributed by atoms with Gasteiger partial charge >= 0.3 is 0 Å². The first-order valence-corrected chi connectivity index (χ1v) is 11.2. The van der Waals surface area contributed by atoms with Crippen LogP contribution in [-0.2, 0) is 4.79 Å². The molecule has 28 heavy (non-hydrogen) atoms. The molecule has 0 atom stereocenters. The van der Waals surface area contributed by atoms with E-state index in [1.165, 1.54) is 32.1 Å². The zero-order valence-corrected chi connectivity index (χ0v) is 17.2. The molecule has 4 rings (SSSR count). The van der Waals surface area contributed by atoms with E-state index in [1.54, 1.807) is 0 Å². The molecule has 154 valence electrons. The van der Waals surface area contributed by atoms with Gasteiger partial charge in [0.25, 0.3) is 5.91 Å². The summed E-state index contributed by atoms with van der Waals surface area (Å²) in [6, 6.07) is 2.41. The molecule has 2 amide bonds. The molecule has 1 saturated carbocycles. The molecule has 0 radical (unpaired) electrons. The number of hydrogen-bond donors (Lipinski definition) is 0. The van der Waals surface area contributed by atoms with Crippen LogP contribution in [0.15, 0.2) is 6.07 Å². The highest BCUT2D eigenvalue weighted by Gasteiger charge is 2.29. The van der Waals surface area contributed by atoms with Crippen molar-refractivity contribution in [2.45, 2.75) is 77.2 Å². The monoisotopic (exact) mass is 386 g/mol. The Labute approximate surface area is 168 Å². The predicted octanol–water partition coefficient (Wildman–Crippen LogP) is 3.56. The highest BCUT2D eigenvalue weighted by Crippen LogP contribution is 2.29. The van der Waals surface area contributed by atoms with Crippen LogP contribution >= 0.6 is 0 Å². The van der Waals surface area contributed by atoms with Crippen LogP contribution in [0.4, 0.5) is 0 Å². The average Bonchev–Trinajstić information content (AvgIpc) is 3.39. The summed E-state index contributed by atoms with van der Waals surface area (Å²) in [5, 5.41) is 4.69. The molecule has 1 aromatic heterocycles. The van der Waals surface area contributed by atoms with Crippen LogP contribution in [0.2, 0.25) is 0 Å². The van der Waals surface area contributed by atoms with E-state index in [0.717, 1.165) is 57.6 Å². The minimum absolute atomic E-state index is 0.0574. The van der Waals surface area contributed by atoms with Crippen molar-refractivity contribution in [1.29, 1.82) is 0 Å². The van der Waals surface area contributed by atoms with Gasteiger partial charge in [0.2, 0.25) is 5.91 Å². The number of carbonyl (C=O) groups is 2. The molecule has 2 aliphatic heterocycles. The van der Waals surface area contributed by atoms with Gasteiger partial charge in [-0.1, -0.05) is 19.3 Å². The van der Waals surface area contributed by atoms with Gasteiger partial charge in [0.05, 0.1) is 6.04 Å². The lowest BCUT2D eigenvalue weighted by atomic mass is 9.93. The van der Waals surface area contributed by atoms with Crippen molar-refractivity contribution >= 4 is 11.8 Å². The zero-order valence-electron chi connectivity index (χ0n) is 17.2. The van der Waals surface area contributed by atoms with Gasteiger partial charge in [-0.2, -0.15) is 5.10 Å². The molecular weight excluding hydrogens is 352 g/mol. The lowest BCUT2D eigenvalue weighted by molar-refractivity contribution is -0.131. The molecule has 0 bridgehead atoms. The number of aryl methyl sites for hydroxylation is 1. The van der Waals surface area contributed by atoms with Crippen molar-refractivity contribution in [3.8, 4) is 0 Å². The molecule has 0 aromatic carbocycles. The van der Waals surface area contributed by atoms with E-state index in [-0.39, 0.29) is 5.91 Å². The van der Waals surface area contributed by atoms with Crippen molar-refractivity contribution in [3.05, 3.63) is 17.5 Å². The van der Waals surface area contributed by atoms with E-state index in [1.807, 2.05) is 15.9 Å². The first kappa shape index (κ1) is 19.5. The van der Waals surface area contributed by atoms with Crippen molar-refractivity contribution < 1.29 is 9.59 Å². The van der Waals surface area contributed by atoms with Crippen molar-refractivity contribution in [3.63, 3.8) is 0 Å². The fraction of sp³-hybridized carbons (Fsp3) is 0.773. The summed E-state index contributed by atoms with van der Waals surface area (Å²) in [7, 11) is 0. The zero-order chi connectivity index (χ0) is 19.5. The molecule has 1 aromatic rings. The number of aromatic nitrogens is 2. The molecule has 3 heterocycles. The Morgan fingerprint density at radius 2 is 1.61 bits per heavy atom. The SMILES string of the molecule is Cc1cc(C(=O)N2CCC(CC(=O)N3CCCC3)CC2)nn1C1CCCCC1. The van der Waals surface area contributed by atoms with E-state index in [0.29, 0.717) is 30.0 Å². The molecule has 0 N–H and O–H groups in total. The summed E-state index contributed by atoms with van der Waals surface area (Å²) in [6.07, 6.45) is 11.0. The second-order valence-corrected chi connectivity index (χ2v) is 8.93. The third kappa shape index (κ3) is 4.26. The van der Waals surface area contributed by atoms with Gasteiger partial charge in [0.1, 0.15) is 0 Å². The van der Waals surface area contributed by atoms with Crippen LogP contribution in [0, 0.1) is 12.8 Å². The molecule has 1 aliphatic carbocycles. The van der Waals surface area contributed by atoms with Gasteiger partial charge in [-0.25, -0.2) is 0 Å².